The topological polar surface area (TPSA) is 73.4 Å². The van der Waals surface area contributed by atoms with Crippen LogP contribution in [0.4, 0.5) is 26.6 Å². The van der Waals surface area contributed by atoms with E-state index in [9.17, 15) is 9.18 Å². The van der Waals surface area contributed by atoms with Crippen LogP contribution in [0, 0.1) is 26.6 Å². The highest BCUT2D eigenvalue weighted by Crippen LogP contribution is 2.39. The minimum Gasteiger partial charge on any atom is -0.351 e. The second kappa shape index (κ2) is 9.85. The molecule has 2 aliphatic rings. The zero-order valence-electron chi connectivity index (χ0n) is 21.4. The molecule has 3 heterocycles. The van der Waals surface area contributed by atoms with Crippen molar-refractivity contribution in [1.82, 2.24) is 20.2 Å². The molecule has 1 fully saturated rings. The van der Waals surface area contributed by atoms with E-state index in [0.717, 1.165) is 66.0 Å². The number of piperidine rings is 1. The van der Waals surface area contributed by atoms with Crippen molar-refractivity contribution in [2.75, 3.05) is 29.9 Å². The van der Waals surface area contributed by atoms with Gasteiger partial charge in [0, 0.05) is 30.3 Å². The average molecular weight is 489 g/mol. The molecule has 2 amide bonds. The Labute approximate surface area is 211 Å². The molecule has 0 radical (unpaired) electrons. The van der Waals surface area contributed by atoms with Crippen molar-refractivity contribution in [3.8, 4) is 11.3 Å². The van der Waals surface area contributed by atoms with Crippen LogP contribution in [0.15, 0.2) is 36.4 Å². The van der Waals surface area contributed by atoms with E-state index in [4.69, 9.17) is 9.97 Å². The third-order valence-electron chi connectivity index (χ3n) is 7.29. The molecule has 0 saturated carbocycles. The van der Waals surface area contributed by atoms with Gasteiger partial charge in [0.2, 0.25) is 5.95 Å². The van der Waals surface area contributed by atoms with E-state index in [2.05, 4.69) is 22.5 Å². The van der Waals surface area contributed by atoms with Gasteiger partial charge in [-0.1, -0.05) is 25.1 Å². The lowest BCUT2D eigenvalue weighted by atomic mass is 9.99. The molecule has 0 unspecified atom stereocenters. The van der Waals surface area contributed by atoms with E-state index < -0.39 is 0 Å². The van der Waals surface area contributed by atoms with Crippen molar-refractivity contribution in [1.29, 1.82) is 0 Å². The molecule has 2 aliphatic heterocycles. The Hall–Kier alpha value is -3.52. The maximum atomic E-state index is 14.0. The number of para-hydroxylation sites is 1. The summed E-state index contributed by atoms with van der Waals surface area (Å²) in [7, 11) is 0. The standard InChI is InChI=1S/C28H33FN6O/c1-5-34-13-11-21(12-14-34)31-27-32-24(22-10-9-20(29)15-19(22)4)23-16-30-28(36)35(26(23)33-27)25-17(2)7-6-8-18(25)3/h6-10,15,21H,5,11-14,16H2,1-4H3,(H,30,36)(H,31,32,33). The van der Waals surface area contributed by atoms with Crippen LogP contribution < -0.4 is 15.5 Å². The van der Waals surface area contributed by atoms with Gasteiger partial charge in [-0.2, -0.15) is 4.98 Å². The quantitative estimate of drug-likeness (QED) is 0.499. The van der Waals surface area contributed by atoms with E-state index in [1.54, 1.807) is 11.0 Å². The summed E-state index contributed by atoms with van der Waals surface area (Å²) in [5.41, 5.74) is 5.93. The number of hydrogen-bond donors (Lipinski definition) is 2. The number of rotatable bonds is 5. The Bertz CT molecular complexity index is 1280. The number of likely N-dealkylation sites (tertiary alicyclic amines) is 1. The summed E-state index contributed by atoms with van der Waals surface area (Å²) in [6.45, 7) is 11.5. The second-order valence-electron chi connectivity index (χ2n) is 9.74. The first-order valence-corrected chi connectivity index (χ1v) is 12.7. The molecular formula is C28H33FN6O. The number of nitrogens with one attached hydrogen (secondary N) is 2. The Morgan fingerprint density at radius 2 is 1.78 bits per heavy atom. The minimum atomic E-state index is -0.286. The molecule has 2 N–H and O–H groups in total. The molecule has 0 bridgehead atoms. The maximum absolute atomic E-state index is 14.0. The average Bonchev–Trinajstić information content (AvgIpc) is 2.85. The SMILES string of the molecule is CCN1CCC(Nc2nc(-c3ccc(F)cc3C)c3c(n2)N(c2c(C)cccc2C)C(=O)NC3)CC1. The van der Waals surface area contributed by atoms with Crippen LogP contribution in [0.25, 0.3) is 11.3 Å². The molecule has 36 heavy (non-hydrogen) atoms. The minimum absolute atomic E-state index is 0.220. The Morgan fingerprint density at radius 1 is 1.06 bits per heavy atom. The molecular weight excluding hydrogens is 455 g/mol. The highest BCUT2D eigenvalue weighted by Gasteiger charge is 2.33. The number of fused-ring (bicyclic) bond motifs is 1. The normalized spacial score (nSPS) is 16.6. The maximum Gasteiger partial charge on any atom is 0.328 e. The van der Waals surface area contributed by atoms with Crippen LogP contribution in [0.2, 0.25) is 0 Å². The highest BCUT2D eigenvalue weighted by molar-refractivity contribution is 6.03. The summed E-state index contributed by atoms with van der Waals surface area (Å²) >= 11 is 0. The number of anilines is 3. The predicted octanol–water partition coefficient (Wildman–Crippen LogP) is 5.47. The highest BCUT2D eigenvalue weighted by atomic mass is 19.1. The Balaban J connectivity index is 1.65. The number of carbonyl (C=O) groups is 1. The van der Waals surface area contributed by atoms with E-state index in [0.29, 0.717) is 24.0 Å². The second-order valence-corrected chi connectivity index (χ2v) is 9.74. The third-order valence-corrected chi connectivity index (χ3v) is 7.29. The molecule has 0 spiro atoms. The number of carbonyl (C=O) groups excluding carboxylic acids is 1. The zero-order valence-corrected chi connectivity index (χ0v) is 21.4. The van der Waals surface area contributed by atoms with Crippen molar-refractivity contribution in [3.63, 3.8) is 0 Å². The zero-order chi connectivity index (χ0) is 25.4. The number of benzene rings is 2. The van der Waals surface area contributed by atoms with Gasteiger partial charge in [0.15, 0.2) is 5.82 Å². The molecule has 1 saturated heterocycles. The van der Waals surface area contributed by atoms with Crippen LogP contribution in [0.5, 0.6) is 0 Å². The first-order chi connectivity index (χ1) is 17.4. The fourth-order valence-electron chi connectivity index (χ4n) is 5.28. The van der Waals surface area contributed by atoms with Crippen molar-refractivity contribution in [2.45, 2.75) is 53.1 Å². The number of urea groups is 1. The molecule has 1 aromatic heterocycles. The molecule has 3 aromatic rings. The van der Waals surface area contributed by atoms with Crippen molar-refractivity contribution >= 4 is 23.5 Å². The summed E-state index contributed by atoms with van der Waals surface area (Å²) in [6, 6.07) is 10.7. The van der Waals surface area contributed by atoms with Gasteiger partial charge in [0.05, 0.1) is 17.9 Å². The monoisotopic (exact) mass is 488 g/mol. The smallest absolute Gasteiger partial charge is 0.328 e. The van der Waals surface area contributed by atoms with E-state index in [1.807, 2.05) is 39.0 Å². The lowest BCUT2D eigenvalue weighted by molar-refractivity contribution is 0.229. The molecule has 0 aliphatic carbocycles. The summed E-state index contributed by atoms with van der Waals surface area (Å²) < 4.78 is 14.0. The third kappa shape index (κ3) is 4.53. The number of hydrogen-bond acceptors (Lipinski definition) is 5. The number of aryl methyl sites for hydroxylation is 3. The van der Waals surface area contributed by atoms with Gasteiger partial charge in [-0.05, 0) is 75.0 Å². The lowest BCUT2D eigenvalue weighted by Gasteiger charge is -2.34. The van der Waals surface area contributed by atoms with Gasteiger partial charge in [-0.15, -0.1) is 0 Å². The molecule has 2 aromatic carbocycles. The van der Waals surface area contributed by atoms with Crippen molar-refractivity contribution in [2.24, 2.45) is 0 Å². The first kappa shape index (κ1) is 24.2. The van der Waals surface area contributed by atoms with Crippen LogP contribution >= 0.6 is 0 Å². The van der Waals surface area contributed by atoms with Gasteiger partial charge in [-0.3, -0.25) is 0 Å². The lowest BCUT2D eigenvalue weighted by Crippen LogP contribution is -2.43. The number of halogens is 1. The Kier molecular flexibility index (Phi) is 6.62. The van der Waals surface area contributed by atoms with E-state index >= 15 is 0 Å². The van der Waals surface area contributed by atoms with Gasteiger partial charge in [-0.25, -0.2) is 19.1 Å². The molecule has 188 valence electrons. The molecule has 5 rings (SSSR count). The number of amides is 2. The first-order valence-electron chi connectivity index (χ1n) is 12.7. The van der Waals surface area contributed by atoms with Crippen LogP contribution in [-0.4, -0.2) is 46.6 Å². The number of aromatic nitrogens is 2. The molecule has 0 atom stereocenters. The molecule has 7 nitrogen and oxygen atoms in total. The van der Waals surface area contributed by atoms with E-state index in [1.165, 1.54) is 12.1 Å². The van der Waals surface area contributed by atoms with Crippen LogP contribution in [0.1, 0.15) is 42.0 Å². The predicted molar refractivity (Wildman–Crippen MR) is 141 cm³/mol. The van der Waals surface area contributed by atoms with Crippen molar-refractivity contribution in [3.05, 3.63) is 64.5 Å². The van der Waals surface area contributed by atoms with Gasteiger partial charge >= 0.3 is 6.03 Å². The van der Waals surface area contributed by atoms with Gasteiger partial charge in [0.25, 0.3) is 0 Å². The summed E-state index contributed by atoms with van der Waals surface area (Å²) in [6.07, 6.45) is 2.00. The van der Waals surface area contributed by atoms with Crippen LogP contribution in [0.3, 0.4) is 0 Å². The van der Waals surface area contributed by atoms with Gasteiger partial charge < -0.3 is 15.5 Å². The largest absolute Gasteiger partial charge is 0.351 e. The fraction of sp³-hybridized carbons (Fsp3) is 0.393. The molecule has 8 heteroatoms. The Morgan fingerprint density at radius 3 is 2.44 bits per heavy atom. The van der Waals surface area contributed by atoms with Crippen molar-refractivity contribution < 1.29 is 9.18 Å². The van der Waals surface area contributed by atoms with Gasteiger partial charge in [0.1, 0.15) is 5.82 Å². The number of nitrogens with zero attached hydrogens (tertiary/aromatic N) is 4. The van der Waals surface area contributed by atoms with E-state index in [-0.39, 0.29) is 17.9 Å². The fourth-order valence-corrected chi connectivity index (χ4v) is 5.28. The summed E-state index contributed by atoms with van der Waals surface area (Å²) in [5.74, 6) is 0.775. The van der Waals surface area contributed by atoms with Crippen LogP contribution in [-0.2, 0) is 6.54 Å². The summed E-state index contributed by atoms with van der Waals surface area (Å²) in [5, 5.41) is 6.55. The summed E-state index contributed by atoms with van der Waals surface area (Å²) in [4.78, 5) is 27.2.